The molecule has 3 rings (SSSR count). The zero-order valence-corrected chi connectivity index (χ0v) is 21.9. The molecule has 0 amide bonds. The summed E-state index contributed by atoms with van der Waals surface area (Å²) in [6, 6.07) is 8.19. The summed E-state index contributed by atoms with van der Waals surface area (Å²) in [6.07, 6.45) is 9.28. The predicted octanol–water partition coefficient (Wildman–Crippen LogP) is 4.81. The average Bonchev–Trinajstić information content (AvgIpc) is 3.13. The molecule has 2 heterocycles. The SMILES string of the molecule is CCCCCCCCC1(C)SC(=O)C=C1OCC(O)N1CCN(Cc2ccc(OC)cc2)CC1. The second-order valence-corrected chi connectivity index (χ2v) is 11.1. The van der Waals surface area contributed by atoms with Crippen LogP contribution in [0.4, 0.5) is 0 Å². The number of carbonyl (C=O) groups is 1. The highest BCUT2D eigenvalue weighted by atomic mass is 32.2. The first-order valence-electron chi connectivity index (χ1n) is 12.8. The number of hydrogen-bond acceptors (Lipinski definition) is 7. The van der Waals surface area contributed by atoms with Crippen molar-refractivity contribution < 1.29 is 19.4 Å². The zero-order chi connectivity index (χ0) is 24.4. The van der Waals surface area contributed by atoms with E-state index in [0.29, 0.717) is 0 Å². The van der Waals surface area contributed by atoms with Crippen LogP contribution >= 0.6 is 11.8 Å². The van der Waals surface area contributed by atoms with Crippen molar-refractivity contribution in [3.8, 4) is 5.75 Å². The normalized spacial score (nSPS) is 22.6. The highest BCUT2D eigenvalue weighted by Crippen LogP contribution is 2.44. The van der Waals surface area contributed by atoms with Crippen molar-refractivity contribution in [2.75, 3.05) is 39.9 Å². The van der Waals surface area contributed by atoms with Crippen molar-refractivity contribution in [2.24, 2.45) is 0 Å². The van der Waals surface area contributed by atoms with E-state index in [9.17, 15) is 9.90 Å². The van der Waals surface area contributed by atoms with Crippen molar-refractivity contribution >= 4 is 16.9 Å². The first kappa shape index (κ1) is 27.1. The summed E-state index contributed by atoms with van der Waals surface area (Å²) in [6.45, 7) is 8.81. The molecule has 2 aliphatic rings. The summed E-state index contributed by atoms with van der Waals surface area (Å²) >= 11 is 1.37. The van der Waals surface area contributed by atoms with Crippen molar-refractivity contribution in [1.29, 1.82) is 0 Å². The van der Waals surface area contributed by atoms with E-state index in [4.69, 9.17) is 9.47 Å². The van der Waals surface area contributed by atoms with Gasteiger partial charge < -0.3 is 14.6 Å². The number of rotatable bonds is 14. The lowest BCUT2D eigenvalue weighted by atomic mass is 9.99. The van der Waals surface area contributed by atoms with Gasteiger partial charge in [-0.3, -0.25) is 14.6 Å². The fourth-order valence-electron chi connectivity index (χ4n) is 4.65. The number of carbonyl (C=O) groups excluding carboxylic acids is 1. The number of ether oxygens (including phenoxy) is 2. The zero-order valence-electron chi connectivity index (χ0n) is 21.1. The van der Waals surface area contributed by atoms with Crippen LogP contribution in [0, 0.1) is 0 Å². The van der Waals surface area contributed by atoms with E-state index in [-0.39, 0.29) is 16.5 Å². The number of nitrogens with zero attached hydrogens (tertiary/aromatic N) is 2. The Morgan fingerprint density at radius 3 is 2.41 bits per heavy atom. The summed E-state index contributed by atoms with van der Waals surface area (Å²) in [7, 11) is 1.68. The predicted molar refractivity (Wildman–Crippen MR) is 139 cm³/mol. The molecule has 0 spiro atoms. The standard InChI is InChI=1S/C27H42N2O4S/c1-4-5-6-7-8-9-14-27(2)24(19-26(31)34-27)33-21-25(30)29-17-15-28(16-18-29)20-22-10-12-23(32-3)13-11-22/h10-13,19,25,30H,4-9,14-18,20-21H2,1-3H3. The summed E-state index contributed by atoms with van der Waals surface area (Å²) in [5, 5.41) is 10.8. The Morgan fingerprint density at radius 2 is 1.74 bits per heavy atom. The Bertz CT molecular complexity index is 792. The number of unbranched alkanes of at least 4 members (excludes halogenated alkanes) is 5. The number of piperazine rings is 1. The van der Waals surface area contributed by atoms with Crippen molar-refractivity contribution in [3.63, 3.8) is 0 Å². The fourth-order valence-corrected chi connectivity index (χ4v) is 5.73. The van der Waals surface area contributed by atoms with Gasteiger partial charge in [-0.1, -0.05) is 69.3 Å². The molecule has 1 aromatic rings. The molecule has 190 valence electrons. The van der Waals surface area contributed by atoms with Gasteiger partial charge in [0.25, 0.3) is 0 Å². The smallest absolute Gasteiger partial charge is 0.216 e. The first-order valence-corrected chi connectivity index (χ1v) is 13.6. The lowest BCUT2D eigenvalue weighted by Crippen LogP contribution is -2.51. The van der Waals surface area contributed by atoms with E-state index in [2.05, 4.69) is 35.8 Å². The number of aliphatic hydroxyl groups is 1. The molecule has 0 radical (unpaired) electrons. The van der Waals surface area contributed by atoms with Gasteiger partial charge in [-0.15, -0.1) is 0 Å². The van der Waals surface area contributed by atoms with Crippen molar-refractivity contribution in [1.82, 2.24) is 9.80 Å². The van der Waals surface area contributed by atoms with Gasteiger partial charge in [0.05, 0.1) is 11.9 Å². The maximum Gasteiger partial charge on any atom is 0.216 e. The monoisotopic (exact) mass is 490 g/mol. The van der Waals surface area contributed by atoms with Gasteiger partial charge in [0.2, 0.25) is 5.12 Å². The van der Waals surface area contributed by atoms with Crippen LogP contribution in [0.25, 0.3) is 0 Å². The van der Waals surface area contributed by atoms with E-state index >= 15 is 0 Å². The quantitative estimate of drug-likeness (QED) is 0.375. The molecule has 1 saturated heterocycles. The Hall–Kier alpha value is -1.54. The topological polar surface area (TPSA) is 62.2 Å². The molecule has 0 aliphatic carbocycles. The van der Waals surface area contributed by atoms with Crippen molar-refractivity contribution in [2.45, 2.75) is 76.3 Å². The van der Waals surface area contributed by atoms with Gasteiger partial charge in [0.1, 0.15) is 24.3 Å². The highest BCUT2D eigenvalue weighted by molar-refractivity contribution is 8.15. The van der Waals surface area contributed by atoms with Gasteiger partial charge in [0.15, 0.2) is 0 Å². The molecule has 34 heavy (non-hydrogen) atoms. The minimum Gasteiger partial charge on any atom is -0.497 e. The molecule has 2 atom stereocenters. The van der Waals surface area contributed by atoms with Gasteiger partial charge >= 0.3 is 0 Å². The number of hydrogen-bond donors (Lipinski definition) is 1. The molecule has 1 aromatic carbocycles. The molecule has 2 aliphatic heterocycles. The number of aliphatic hydroxyl groups excluding tert-OH is 1. The van der Waals surface area contributed by atoms with Crippen LogP contribution in [-0.4, -0.2) is 70.9 Å². The number of benzene rings is 1. The Balaban J connectivity index is 1.39. The molecule has 6 nitrogen and oxygen atoms in total. The summed E-state index contributed by atoms with van der Waals surface area (Å²) < 4.78 is 11.0. The third kappa shape index (κ3) is 8.01. The largest absolute Gasteiger partial charge is 0.497 e. The van der Waals surface area contributed by atoms with Gasteiger partial charge in [-0.25, -0.2) is 0 Å². The third-order valence-corrected chi connectivity index (χ3v) is 8.06. The van der Waals surface area contributed by atoms with Gasteiger partial charge in [-0.05, 0) is 31.0 Å². The van der Waals surface area contributed by atoms with Gasteiger partial charge in [-0.2, -0.15) is 0 Å². The molecule has 0 aromatic heterocycles. The molecule has 0 bridgehead atoms. The molecule has 0 saturated carbocycles. The maximum absolute atomic E-state index is 12.1. The lowest BCUT2D eigenvalue weighted by Gasteiger charge is -2.37. The van der Waals surface area contributed by atoms with E-state index in [1.54, 1.807) is 13.2 Å². The van der Waals surface area contributed by atoms with E-state index in [0.717, 1.165) is 57.1 Å². The molecule has 7 heteroatoms. The van der Waals surface area contributed by atoms with Crippen LogP contribution < -0.4 is 4.74 Å². The van der Waals surface area contributed by atoms with Gasteiger partial charge in [0, 0.05) is 38.8 Å². The van der Waals surface area contributed by atoms with Crippen LogP contribution in [0.2, 0.25) is 0 Å². The molecular formula is C27H42N2O4S. The molecular weight excluding hydrogens is 448 g/mol. The molecule has 2 unspecified atom stereocenters. The maximum atomic E-state index is 12.1. The van der Waals surface area contributed by atoms with Crippen LogP contribution in [0.15, 0.2) is 36.1 Å². The molecule has 1 N–H and O–H groups in total. The van der Waals surface area contributed by atoms with Crippen LogP contribution in [-0.2, 0) is 16.1 Å². The molecule has 1 fully saturated rings. The Kier molecular flexibility index (Phi) is 10.8. The summed E-state index contributed by atoms with van der Waals surface area (Å²) in [5.41, 5.74) is 1.26. The number of methoxy groups -OCH3 is 1. The van der Waals surface area contributed by atoms with Crippen LogP contribution in [0.3, 0.4) is 0 Å². The van der Waals surface area contributed by atoms with E-state index < -0.39 is 6.23 Å². The minimum atomic E-state index is -0.664. The Labute approximate surface area is 209 Å². The third-order valence-electron chi connectivity index (χ3n) is 6.88. The minimum absolute atomic E-state index is 0.0603. The lowest BCUT2D eigenvalue weighted by molar-refractivity contribution is -0.107. The summed E-state index contributed by atoms with van der Waals surface area (Å²) in [5.74, 6) is 1.60. The second kappa shape index (κ2) is 13.5. The second-order valence-electron chi connectivity index (χ2n) is 9.63. The summed E-state index contributed by atoms with van der Waals surface area (Å²) in [4.78, 5) is 16.6. The average molecular weight is 491 g/mol. The van der Waals surface area contributed by atoms with E-state index in [1.807, 2.05) is 12.1 Å². The van der Waals surface area contributed by atoms with Crippen molar-refractivity contribution in [3.05, 3.63) is 41.7 Å². The first-order chi connectivity index (χ1) is 16.4. The van der Waals surface area contributed by atoms with Crippen LogP contribution in [0.5, 0.6) is 5.75 Å². The fraction of sp³-hybridized carbons (Fsp3) is 0.667. The van der Waals surface area contributed by atoms with E-state index in [1.165, 1.54) is 49.4 Å². The highest BCUT2D eigenvalue weighted by Gasteiger charge is 2.39. The Morgan fingerprint density at radius 1 is 1.06 bits per heavy atom. The number of thioether (sulfide) groups is 1. The van der Waals surface area contributed by atoms with Crippen LogP contribution in [0.1, 0.15) is 64.4 Å².